The number of alkyl halides is 2. The summed E-state index contributed by atoms with van der Waals surface area (Å²) in [5.74, 6) is -1.97. The van der Waals surface area contributed by atoms with Crippen molar-refractivity contribution in [3.8, 4) is 5.88 Å². The first-order valence-corrected chi connectivity index (χ1v) is 5.66. The van der Waals surface area contributed by atoms with Crippen molar-refractivity contribution in [1.82, 2.24) is 4.98 Å². The van der Waals surface area contributed by atoms with Crippen molar-refractivity contribution >= 4 is 19.7 Å². The van der Waals surface area contributed by atoms with Crippen LogP contribution in [0.1, 0.15) is 0 Å². The van der Waals surface area contributed by atoms with Gasteiger partial charge in [0.15, 0.2) is 0 Å². The first kappa shape index (κ1) is 12.1. The second-order valence-corrected chi connectivity index (χ2v) is 4.81. The predicted octanol–water partition coefficient (Wildman–Crippen LogP) is 1.75. The standard InChI is InChI=1S/C6H3ClF3NO3S/c7-15(12,13)4-1-3(8)2-11-5(4)14-6(9)10/h1-2,6H. The highest BCUT2D eigenvalue weighted by atomic mass is 35.7. The summed E-state index contributed by atoms with van der Waals surface area (Å²) in [5, 5.41) is 0. The van der Waals surface area contributed by atoms with E-state index in [1.807, 2.05) is 0 Å². The summed E-state index contributed by atoms with van der Waals surface area (Å²) >= 11 is 0. The van der Waals surface area contributed by atoms with Crippen molar-refractivity contribution in [1.29, 1.82) is 0 Å². The molecule has 0 unspecified atom stereocenters. The lowest BCUT2D eigenvalue weighted by Gasteiger charge is -2.06. The molecule has 0 radical (unpaired) electrons. The predicted molar refractivity (Wildman–Crippen MR) is 43.9 cm³/mol. The summed E-state index contributed by atoms with van der Waals surface area (Å²) < 4.78 is 61.6. The lowest BCUT2D eigenvalue weighted by molar-refractivity contribution is -0.0549. The van der Waals surface area contributed by atoms with E-state index in [-0.39, 0.29) is 0 Å². The second-order valence-electron chi connectivity index (χ2n) is 2.27. The van der Waals surface area contributed by atoms with E-state index in [4.69, 9.17) is 10.7 Å². The molecule has 0 spiro atoms. The molecule has 0 amide bonds. The summed E-state index contributed by atoms with van der Waals surface area (Å²) in [6, 6.07) is 0.438. The topological polar surface area (TPSA) is 56.3 Å². The molecule has 1 aromatic heterocycles. The van der Waals surface area contributed by atoms with Gasteiger partial charge in [-0.1, -0.05) is 0 Å². The van der Waals surface area contributed by atoms with Crippen LogP contribution in [0.15, 0.2) is 17.2 Å². The first-order chi connectivity index (χ1) is 6.80. The summed E-state index contributed by atoms with van der Waals surface area (Å²) in [6.07, 6.45) is 0.531. The molecule has 1 heterocycles. The molecule has 0 fully saturated rings. The van der Waals surface area contributed by atoms with Crippen molar-refractivity contribution in [3.63, 3.8) is 0 Å². The molecule has 84 valence electrons. The van der Waals surface area contributed by atoms with Gasteiger partial charge < -0.3 is 4.74 Å². The minimum atomic E-state index is -4.39. The number of halogens is 4. The van der Waals surface area contributed by atoms with Gasteiger partial charge in [-0.25, -0.2) is 17.8 Å². The number of aromatic nitrogens is 1. The van der Waals surface area contributed by atoms with Crippen LogP contribution in [-0.2, 0) is 9.05 Å². The molecule has 0 aromatic carbocycles. The SMILES string of the molecule is O=S(=O)(Cl)c1cc(F)cnc1OC(F)F. The zero-order valence-corrected chi connectivity index (χ0v) is 8.40. The molecular weight excluding hydrogens is 259 g/mol. The number of hydrogen-bond donors (Lipinski definition) is 0. The second kappa shape index (κ2) is 4.23. The van der Waals surface area contributed by atoms with Crippen LogP contribution in [0.2, 0.25) is 0 Å². The van der Waals surface area contributed by atoms with Crippen molar-refractivity contribution in [2.24, 2.45) is 0 Å². The first-order valence-electron chi connectivity index (χ1n) is 3.35. The highest BCUT2D eigenvalue weighted by Gasteiger charge is 2.21. The Morgan fingerprint density at radius 1 is 1.47 bits per heavy atom. The molecule has 1 rings (SSSR count). The highest BCUT2D eigenvalue weighted by Crippen LogP contribution is 2.26. The number of nitrogens with zero attached hydrogens (tertiary/aromatic N) is 1. The third-order valence-corrected chi connectivity index (χ3v) is 2.56. The molecule has 0 bridgehead atoms. The average Bonchev–Trinajstić information content (AvgIpc) is 2.05. The molecule has 0 N–H and O–H groups in total. The van der Waals surface area contributed by atoms with Gasteiger partial charge >= 0.3 is 6.61 Å². The Bertz CT molecular complexity index is 465. The van der Waals surface area contributed by atoms with E-state index < -0.39 is 32.3 Å². The van der Waals surface area contributed by atoms with E-state index >= 15 is 0 Å². The van der Waals surface area contributed by atoms with Crippen LogP contribution in [0, 0.1) is 5.82 Å². The van der Waals surface area contributed by atoms with Crippen molar-refractivity contribution in [2.45, 2.75) is 11.5 Å². The number of ether oxygens (including phenoxy) is 1. The average molecular weight is 262 g/mol. The molecule has 0 aliphatic rings. The van der Waals surface area contributed by atoms with E-state index in [0.717, 1.165) is 0 Å². The maximum Gasteiger partial charge on any atom is 0.388 e. The fourth-order valence-corrected chi connectivity index (χ4v) is 1.65. The number of rotatable bonds is 3. The molecule has 15 heavy (non-hydrogen) atoms. The van der Waals surface area contributed by atoms with Gasteiger partial charge in [0.05, 0.1) is 6.20 Å². The van der Waals surface area contributed by atoms with Gasteiger partial charge in [0.2, 0.25) is 5.88 Å². The molecule has 0 saturated carbocycles. The molecule has 0 aliphatic heterocycles. The Hall–Kier alpha value is -1.02. The zero-order chi connectivity index (χ0) is 11.6. The number of hydrogen-bond acceptors (Lipinski definition) is 4. The summed E-state index contributed by atoms with van der Waals surface area (Å²) in [4.78, 5) is 2.10. The van der Waals surface area contributed by atoms with Gasteiger partial charge in [-0.3, -0.25) is 0 Å². The van der Waals surface area contributed by atoms with Gasteiger partial charge in [0.25, 0.3) is 9.05 Å². The normalized spacial score (nSPS) is 11.8. The Morgan fingerprint density at radius 2 is 2.07 bits per heavy atom. The van der Waals surface area contributed by atoms with E-state index in [1.54, 1.807) is 0 Å². The van der Waals surface area contributed by atoms with Crippen LogP contribution in [0.5, 0.6) is 5.88 Å². The summed E-state index contributed by atoms with van der Waals surface area (Å²) in [5.41, 5.74) is 0. The van der Waals surface area contributed by atoms with Crippen LogP contribution in [0.25, 0.3) is 0 Å². The lowest BCUT2D eigenvalue weighted by atomic mass is 10.5. The summed E-state index contributed by atoms with van der Waals surface area (Å²) in [7, 11) is 0.470. The van der Waals surface area contributed by atoms with E-state index in [2.05, 4.69) is 9.72 Å². The van der Waals surface area contributed by atoms with Gasteiger partial charge in [-0.05, 0) is 0 Å². The highest BCUT2D eigenvalue weighted by molar-refractivity contribution is 8.13. The molecule has 1 aromatic rings. The molecule has 0 atom stereocenters. The van der Waals surface area contributed by atoms with Gasteiger partial charge in [0, 0.05) is 16.7 Å². The maximum absolute atomic E-state index is 12.6. The van der Waals surface area contributed by atoms with Crippen LogP contribution >= 0.6 is 10.7 Å². The Labute approximate surface area is 87.1 Å². The van der Waals surface area contributed by atoms with E-state index in [0.29, 0.717) is 12.3 Å². The van der Waals surface area contributed by atoms with E-state index in [9.17, 15) is 21.6 Å². The fraction of sp³-hybridized carbons (Fsp3) is 0.167. The Kier molecular flexibility index (Phi) is 3.40. The molecule has 0 saturated heterocycles. The summed E-state index contributed by atoms with van der Waals surface area (Å²) in [6.45, 7) is -3.28. The van der Waals surface area contributed by atoms with Crippen LogP contribution in [0.4, 0.5) is 13.2 Å². The fourth-order valence-electron chi connectivity index (χ4n) is 0.756. The van der Waals surface area contributed by atoms with Crippen LogP contribution in [0.3, 0.4) is 0 Å². The van der Waals surface area contributed by atoms with Crippen molar-refractivity contribution in [3.05, 3.63) is 18.1 Å². The van der Waals surface area contributed by atoms with Crippen LogP contribution < -0.4 is 4.74 Å². The zero-order valence-electron chi connectivity index (χ0n) is 6.82. The minimum absolute atomic E-state index is 0.438. The van der Waals surface area contributed by atoms with Gasteiger partial charge in [-0.15, -0.1) is 0 Å². The minimum Gasteiger partial charge on any atom is -0.415 e. The third-order valence-electron chi connectivity index (χ3n) is 1.25. The molecular formula is C6H3ClF3NO3S. The van der Waals surface area contributed by atoms with Crippen molar-refractivity contribution < 1.29 is 26.3 Å². The van der Waals surface area contributed by atoms with Crippen molar-refractivity contribution in [2.75, 3.05) is 0 Å². The van der Waals surface area contributed by atoms with Gasteiger partial charge in [-0.2, -0.15) is 8.78 Å². The quantitative estimate of drug-likeness (QED) is 0.778. The largest absolute Gasteiger partial charge is 0.415 e. The van der Waals surface area contributed by atoms with Gasteiger partial charge in [0.1, 0.15) is 10.7 Å². The van der Waals surface area contributed by atoms with Crippen LogP contribution in [-0.4, -0.2) is 20.0 Å². The molecule has 0 aliphatic carbocycles. The van der Waals surface area contributed by atoms with E-state index in [1.165, 1.54) is 0 Å². The smallest absolute Gasteiger partial charge is 0.388 e. The maximum atomic E-state index is 12.6. The Morgan fingerprint density at radius 3 is 2.53 bits per heavy atom. The monoisotopic (exact) mass is 261 g/mol. The molecule has 4 nitrogen and oxygen atoms in total. The third kappa shape index (κ3) is 3.24. The number of pyridine rings is 1. The molecule has 9 heteroatoms. The lowest BCUT2D eigenvalue weighted by Crippen LogP contribution is -2.07. The Balaban J connectivity index is 3.27.